The molecule has 0 aliphatic heterocycles. The molecule has 9 rings (SSSR count). The summed E-state index contributed by atoms with van der Waals surface area (Å²) in [5.41, 5.74) is 5.77. The maximum atomic E-state index is 5.27. The summed E-state index contributed by atoms with van der Waals surface area (Å²) >= 11 is 1.73. The summed E-state index contributed by atoms with van der Waals surface area (Å²) in [5, 5.41) is 4.68. The summed E-state index contributed by atoms with van der Waals surface area (Å²) in [6.45, 7) is 0. The summed E-state index contributed by atoms with van der Waals surface area (Å²) in [7, 11) is 0. The molecule has 0 amide bonds. The molecule has 0 bridgehead atoms. The molecule has 46 heavy (non-hydrogen) atoms. The van der Waals surface area contributed by atoms with Crippen molar-refractivity contribution >= 4 is 70.5 Å². The van der Waals surface area contributed by atoms with Crippen LogP contribution in [-0.2, 0) is 21.1 Å². The molecule has 0 saturated carbocycles. The zero-order chi connectivity index (χ0) is 29.7. The van der Waals surface area contributed by atoms with Crippen LogP contribution >= 0.6 is 11.3 Å². The molecule has 5 nitrogen and oxygen atoms in total. The number of hydrogen-bond acceptors (Lipinski definition) is 5. The molecule has 7 heteroatoms. The summed E-state index contributed by atoms with van der Waals surface area (Å²) in [4.78, 5) is 16.5. The fraction of sp³-hybridized carbons (Fsp3) is 0. The van der Waals surface area contributed by atoms with Crippen LogP contribution in [0.2, 0.25) is 0 Å². The van der Waals surface area contributed by atoms with Crippen molar-refractivity contribution in [2.75, 3.05) is 4.90 Å². The van der Waals surface area contributed by atoms with Crippen molar-refractivity contribution < 1.29 is 21.1 Å². The number of pyridine rings is 3. The van der Waals surface area contributed by atoms with Gasteiger partial charge in [0.2, 0.25) is 0 Å². The molecule has 0 spiro atoms. The summed E-state index contributed by atoms with van der Waals surface area (Å²) in [6.07, 6.45) is 5.61. The Morgan fingerprint density at radius 3 is 2.46 bits per heavy atom. The van der Waals surface area contributed by atoms with Crippen LogP contribution < -0.4 is 4.90 Å². The summed E-state index contributed by atoms with van der Waals surface area (Å²) in [5.74, 6) is 1.65. The number of hydrogen-bond donors (Lipinski definition) is 0. The fourth-order valence-electron chi connectivity index (χ4n) is 6.18. The third-order valence-corrected chi connectivity index (χ3v) is 9.33. The molecule has 0 aliphatic rings. The van der Waals surface area contributed by atoms with Crippen molar-refractivity contribution in [1.82, 2.24) is 19.5 Å². The molecule has 0 saturated heterocycles. The van der Waals surface area contributed by atoms with E-state index in [1.165, 1.54) is 10.8 Å². The molecular weight excluding hydrogens is 766 g/mol. The van der Waals surface area contributed by atoms with E-state index in [2.05, 4.69) is 118 Å². The van der Waals surface area contributed by atoms with Crippen LogP contribution in [-0.4, -0.2) is 19.5 Å². The third kappa shape index (κ3) is 4.61. The van der Waals surface area contributed by atoms with E-state index in [-0.39, 0.29) is 21.1 Å². The van der Waals surface area contributed by atoms with E-state index in [4.69, 9.17) is 9.97 Å². The van der Waals surface area contributed by atoms with Gasteiger partial charge in [0, 0.05) is 34.5 Å². The Balaban J connectivity index is 0.00000312. The van der Waals surface area contributed by atoms with Crippen LogP contribution in [0.3, 0.4) is 0 Å². The Morgan fingerprint density at radius 2 is 1.57 bits per heavy atom. The van der Waals surface area contributed by atoms with Crippen LogP contribution in [0.4, 0.5) is 17.2 Å². The summed E-state index contributed by atoms with van der Waals surface area (Å²) in [6, 6.07) is 48.7. The Hall–Kier alpha value is -5.16. The molecule has 5 aromatic heterocycles. The van der Waals surface area contributed by atoms with Gasteiger partial charge in [0.1, 0.15) is 11.6 Å². The van der Waals surface area contributed by atoms with Gasteiger partial charge in [-0.2, -0.15) is 17.4 Å². The largest absolute Gasteiger partial charge is 2.00 e. The SMILES string of the molecule is [Pt+2].[c-]1ccc2c(sc3cnccc32)c1-c1cccc(N(c2[c-]c3c(cc2)c2ccccc2n3-c2ccccn2)c2ccccc2)n1. The van der Waals surface area contributed by atoms with Crippen LogP contribution in [0.1, 0.15) is 0 Å². The number of thiophene rings is 1. The number of fused-ring (bicyclic) bond motifs is 6. The van der Waals surface area contributed by atoms with Gasteiger partial charge >= 0.3 is 21.1 Å². The number of anilines is 3. The quantitative estimate of drug-likeness (QED) is 0.163. The molecule has 4 aromatic carbocycles. The zero-order valence-corrected chi connectivity index (χ0v) is 27.3. The van der Waals surface area contributed by atoms with E-state index in [1.54, 1.807) is 11.3 Å². The van der Waals surface area contributed by atoms with Crippen LogP contribution in [0.15, 0.2) is 140 Å². The smallest absolute Gasteiger partial charge is 0.320 e. The molecule has 5 heterocycles. The topological polar surface area (TPSA) is 46.8 Å². The maximum Gasteiger partial charge on any atom is 2.00 e. The first-order valence-corrected chi connectivity index (χ1v) is 15.5. The average molecular weight is 789 g/mol. The van der Waals surface area contributed by atoms with E-state index >= 15 is 0 Å². The Labute approximate surface area is 283 Å². The number of benzene rings is 4. The van der Waals surface area contributed by atoms with Gasteiger partial charge in [-0.25, -0.2) is 4.98 Å². The van der Waals surface area contributed by atoms with Gasteiger partial charge < -0.3 is 9.47 Å². The fourth-order valence-corrected chi connectivity index (χ4v) is 7.36. The van der Waals surface area contributed by atoms with Crippen molar-refractivity contribution in [3.8, 4) is 17.1 Å². The van der Waals surface area contributed by atoms with Crippen molar-refractivity contribution in [3.05, 3.63) is 152 Å². The van der Waals surface area contributed by atoms with Crippen LogP contribution in [0.25, 0.3) is 59.1 Å². The van der Waals surface area contributed by atoms with E-state index < -0.39 is 0 Å². The predicted octanol–water partition coefficient (Wildman–Crippen LogP) is 10.1. The standard InChI is InChI=1S/C39H23N5S.Pt/c1-2-10-26(11-3-1)43(27-19-20-29-28-12-4-5-16-34(28)44(35(29)24-27)37-17-6-7-22-41-37)38-18-9-15-33(42-38)32-14-8-13-31-30-21-23-40-25-36(30)45-39(31)32;/h1-13,15-23,25H;/q-2;+2. The minimum atomic E-state index is 0. The molecule has 0 atom stereocenters. The maximum absolute atomic E-state index is 5.27. The van der Waals surface area contributed by atoms with Crippen molar-refractivity contribution in [3.63, 3.8) is 0 Å². The van der Waals surface area contributed by atoms with E-state index in [0.29, 0.717) is 0 Å². The second-order valence-corrected chi connectivity index (χ2v) is 11.8. The first-order chi connectivity index (χ1) is 22.3. The second-order valence-electron chi connectivity index (χ2n) is 10.8. The molecule has 0 N–H and O–H groups in total. The zero-order valence-electron chi connectivity index (χ0n) is 24.2. The van der Waals surface area contributed by atoms with Gasteiger partial charge in [-0.15, -0.1) is 41.3 Å². The van der Waals surface area contributed by atoms with Crippen molar-refractivity contribution in [2.45, 2.75) is 0 Å². The van der Waals surface area contributed by atoms with Crippen LogP contribution in [0, 0.1) is 12.1 Å². The Morgan fingerprint density at radius 1 is 0.696 bits per heavy atom. The first kappa shape index (κ1) is 28.3. The molecule has 0 fully saturated rings. The molecule has 0 radical (unpaired) electrons. The van der Waals surface area contributed by atoms with E-state index in [0.717, 1.165) is 65.5 Å². The first-order valence-electron chi connectivity index (χ1n) is 14.7. The molecule has 0 aliphatic carbocycles. The number of para-hydroxylation sites is 2. The van der Waals surface area contributed by atoms with Gasteiger partial charge in [0.25, 0.3) is 0 Å². The number of aromatic nitrogens is 4. The Kier molecular flexibility index (Phi) is 7.17. The third-order valence-electron chi connectivity index (χ3n) is 8.16. The second kappa shape index (κ2) is 11.6. The molecule has 0 unspecified atom stereocenters. The molecule has 220 valence electrons. The van der Waals surface area contributed by atoms with Gasteiger partial charge in [-0.1, -0.05) is 71.2 Å². The van der Waals surface area contributed by atoms with Crippen molar-refractivity contribution in [1.29, 1.82) is 0 Å². The van der Waals surface area contributed by atoms with E-state index in [1.807, 2.05) is 48.9 Å². The van der Waals surface area contributed by atoms with Crippen molar-refractivity contribution in [2.24, 2.45) is 0 Å². The monoisotopic (exact) mass is 788 g/mol. The number of nitrogens with zero attached hydrogens (tertiary/aromatic N) is 5. The normalized spacial score (nSPS) is 11.3. The molecule has 9 aromatic rings. The Bertz CT molecular complexity index is 2510. The minimum absolute atomic E-state index is 0. The number of rotatable bonds is 5. The minimum Gasteiger partial charge on any atom is -0.320 e. The molecular formula is C39H23N5PtS. The average Bonchev–Trinajstić information content (AvgIpc) is 3.65. The van der Waals surface area contributed by atoms with Gasteiger partial charge in [0.15, 0.2) is 0 Å². The van der Waals surface area contributed by atoms with Gasteiger partial charge in [-0.3, -0.25) is 9.97 Å². The van der Waals surface area contributed by atoms with Gasteiger partial charge in [0.05, 0.1) is 0 Å². The summed E-state index contributed by atoms with van der Waals surface area (Å²) < 4.78 is 4.50. The predicted molar refractivity (Wildman–Crippen MR) is 185 cm³/mol. The van der Waals surface area contributed by atoms with Crippen LogP contribution in [0.5, 0.6) is 0 Å². The van der Waals surface area contributed by atoms with Gasteiger partial charge in [-0.05, 0) is 63.6 Å². The van der Waals surface area contributed by atoms with E-state index in [9.17, 15) is 0 Å².